The van der Waals surface area contributed by atoms with Crippen molar-refractivity contribution >= 4 is 15.6 Å². The van der Waals surface area contributed by atoms with E-state index in [1.807, 2.05) is 6.07 Å². The van der Waals surface area contributed by atoms with Crippen molar-refractivity contribution < 1.29 is 17.9 Å². The van der Waals surface area contributed by atoms with Gasteiger partial charge in [-0.2, -0.15) is 5.26 Å². The monoisotopic (exact) mass is 444 g/mol. The summed E-state index contributed by atoms with van der Waals surface area (Å²) in [6, 6.07) is 25.9. The maximum Gasteiger partial charge on any atom is 0.207 e. The Kier molecular flexibility index (Phi) is 5.71. The Morgan fingerprint density at radius 2 is 1.62 bits per heavy atom. The van der Waals surface area contributed by atoms with Crippen LogP contribution in [-0.4, -0.2) is 15.5 Å². The smallest absolute Gasteiger partial charge is 0.207 e. The number of nitriles is 1. The summed E-state index contributed by atoms with van der Waals surface area (Å²) < 4.78 is 39.0. The lowest BCUT2D eigenvalue weighted by molar-refractivity contribution is 0.358. The number of benzene rings is 3. The zero-order valence-electron chi connectivity index (χ0n) is 17.2. The van der Waals surface area contributed by atoms with Gasteiger partial charge in [0.25, 0.3) is 0 Å². The number of allylic oxidation sites excluding steroid dienone is 2. The molecule has 3 aromatic rings. The molecule has 0 saturated carbocycles. The number of rotatable bonds is 5. The van der Waals surface area contributed by atoms with Crippen molar-refractivity contribution in [3.63, 3.8) is 0 Å². The molecule has 1 atom stereocenters. The van der Waals surface area contributed by atoms with Crippen LogP contribution in [0.3, 0.4) is 0 Å². The average molecular weight is 445 g/mol. The van der Waals surface area contributed by atoms with Crippen LogP contribution >= 0.6 is 0 Å². The van der Waals surface area contributed by atoms with Crippen LogP contribution in [0.25, 0.3) is 5.76 Å². The molecule has 0 aromatic heterocycles. The number of hydrogen-bond acceptors (Lipinski definition) is 6. The summed E-state index contributed by atoms with van der Waals surface area (Å²) in [5.41, 5.74) is 7.24. The standard InChI is InChI=1S/C25H20N2O4S/c1-30-19-12-8-11-18(15-19)22-21(16-26)25(27)31-23(17-9-4-2-5-10-17)24(22)32(28,29)20-13-6-3-7-14-20/h2-15,22H,27H2,1H3/t22-/m0/s1. The fraction of sp³-hybridized carbons (Fsp3) is 0.0800. The highest BCUT2D eigenvalue weighted by atomic mass is 32.2. The predicted octanol–water partition coefficient (Wildman–Crippen LogP) is 4.35. The minimum Gasteiger partial charge on any atom is -0.497 e. The van der Waals surface area contributed by atoms with Gasteiger partial charge < -0.3 is 15.2 Å². The molecule has 2 N–H and O–H groups in total. The third kappa shape index (κ3) is 3.72. The molecule has 0 unspecified atom stereocenters. The van der Waals surface area contributed by atoms with Gasteiger partial charge in [-0.05, 0) is 29.8 Å². The van der Waals surface area contributed by atoms with E-state index in [2.05, 4.69) is 6.07 Å². The molecule has 32 heavy (non-hydrogen) atoms. The maximum atomic E-state index is 13.9. The Bertz CT molecular complexity index is 1360. The maximum absolute atomic E-state index is 13.9. The summed E-state index contributed by atoms with van der Waals surface area (Å²) in [6.07, 6.45) is 0. The van der Waals surface area contributed by atoms with Crippen LogP contribution in [0.4, 0.5) is 0 Å². The Hall–Kier alpha value is -4.02. The average Bonchev–Trinajstić information content (AvgIpc) is 2.84. The molecule has 0 fully saturated rings. The van der Waals surface area contributed by atoms with Crippen LogP contribution in [0.15, 0.2) is 106 Å². The predicted molar refractivity (Wildman–Crippen MR) is 121 cm³/mol. The van der Waals surface area contributed by atoms with Gasteiger partial charge in [-0.3, -0.25) is 0 Å². The third-order valence-corrected chi connectivity index (χ3v) is 7.07. The summed E-state index contributed by atoms with van der Waals surface area (Å²) in [7, 11) is -2.55. The van der Waals surface area contributed by atoms with Gasteiger partial charge in [-0.15, -0.1) is 0 Å². The Balaban J connectivity index is 2.08. The van der Waals surface area contributed by atoms with E-state index in [0.717, 1.165) is 0 Å². The highest BCUT2D eigenvalue weighted by Crippen LogP contribution is 2.46. The molecule has 0 aliphatic carbocycles. The fourth-order valence-corrected chi connectivity index (χ4v) is 5.41. The zero-order chi connectivity index (χ0) is 22.7. The van der Waals surface area contributed by atoms with Gasteiger partial charge in [0.15, 0.2) is 5.76 Å². The van der Waals surface area contributed by atoms with Crippen molar-refractivity contribution in [2.24, 2.45) is 5.73 Å². The summed E-state index contributed by atoms with van der Waals surface area (Å²) >= 11 is 0. The zero-order valence-corrected chi connectivity index (χ0v) is 18.0. The van der Waals surface area contributed by atoms with Crippen LogP contribution in [-0.2, 0) is 14.6 Å². The van der Waals surface area contributed by atoms with E-state index in [1.54, 1.807) is 66.7 Å². The van der Waals surface area contributed by atoms with Gasteiger partial charge in [0.05, 0.1) is 17.9 Å². The number of ether oxygens (including phenoxy) is 2. The van der Waals surface area contributed by atoms with Crippen LogP contribution < -0.4 is 10.5 Å². The lowest BCUT2D eigenvalue weighted by Crippen LogP contribution is -2.25. The SMILES string of the molecule is COc1cccc([C@H]2C(C#N)=C(N)OC(c3ccccc3)=C2S(=O)(=O)c2ccccc2)c1. The molecule has 1 heterocycles. The van der Waals surface area contributed by atoms with Crippen LogP contribution in [0.1, 0.15) is 17.0 Å². The van der Waals surface area contributed by atoms with E-state index in [9.17, 15) is 13.7 Å². The van der Waals surface area contributed by atoms with Crippen molar-refractivity contribution in [3.8, 4) is 11.8 Å². The molecule has 6 nitrogen and oxygen atoms in total. The van der Waals surface area contributed by atoms with Crippen molar-refractivity contribution in [3.05, 3.63) is 112 Å². The van der Waals surface area contributed by atoms with Crippen molar-refractivity contribution in [2.45, 2.75) is 10.8 Å². The van der Waals surface area contributed by atoms with Crippen molar-refractivity contribution in [1.82, 2.24) is 0 Å². The molecule has 1 aliphatic rings. The second-order valence-electron chi connectivity index (χ2n) is 7.08. The molecule has 160 valence electrons. The number of sulfone groups is 1. The van der Waals surface area contributed by atoms with Crippen molar-refractivity contribution in [2.75, 3.05) is 7.11 Å². The van der Waals surface area contributed by atoms with E-state index < -0.39 is 15.8 Å². The number of nitrogens with two attached hydrogens (primary N) is 1. The first-order chi connectivity index (χ1) is 15.5. The lowest BCUT2D eigenvalue weighted by atomic mass is 9.88. The highest BCUT2D eigenvalue weighted by Gasteiger charge is 2.41. The van der Waals surface area contributed by atoms with Crippen molar-refractivity contribution in [1.29, 1.82) is 5.26 Å². The lowest BCUT2D eigenvalue weighted by Gasteiger charge is -2.29. The minimum atomic E-state index is -4.07. The fourth-order valence-electron chi connectivity index (χ4n) is 3.67. The topological polar surface area (TPSA) is 102 Å². The molecule has 0 saturated heterocycles. The quantitative estimate of drug-likeness (QED) is 0.628. The molecule has 0 radical (unpaired) electrons. The molecular formula is C25H20N2O4S. The molecule has 1 aliphatic heterocycles. The third-order valence-electron chi connectivity index (χ3n) is 5.18. The number of methoxy groups -OCH3 is 1. The number of nitrogens with zero attached hydrogens (tertiary/aromatic N) is 1. The first kappa shape index (κ1) is 21.2. The highest BCUT2D eigenvalue weighted by molar-refractivity contribution is 7.95. The van der Waals surface area contributed by atoms with E-state index in [4.69, 9.17) is 15.2 Å². The van der Waals surface area contributed by atoms with Crippen LogP contribution in [0.5, 0.6) is 5.75 Å². The van der Waals surface area contributed by atoms with Gasteiger partial charge in [0, 0.05) is 5.56 Å². The molecule has 3 aromatic carbocycles. The number of hydrogen-bond donors (Lipinski definition) is 1. The van der Waals surface area contributed by atoms with E-state index in [-0.39, 0.29) is 27.0 Å². The Morgan fingerprint density at radius 3 is 2.25 bits per heavy atom. The van der Waals surface area contributed by atoms with Gasteiger partial charge in [0.2, 0.25) is 15.7 Å². The van der Waals surface area contributed by atoms with E-state index in [1.165, 1.54) is 19.2 Å². The Labute approximate surface area is 186 Å². The summed E-state index contributed by atoms with van der Waals surface area (Å²) in [6.45, 7) is 0. The van der Waals surface area contributed by atoms with Gasteiger partial charge in [0.1, 0.15) is 22.3 Å². The second-order valence-corrected chi connectivity index (χ2v) is 9.00. The van der Waals surface area contributed by atoms with E-state index in [0.29, 0.717) is 16.9 Å². The summed E-state index contributed by atoms with van der Waals surface area (Å²) in [4.78, 5) is 0.0478. The molecule has 0 spiro atoms. The van der Waals surface area contributed by atoms with Gasteiger partial charge in [-0.25, -0.2) is 8.42 Å². The van der Waals surface area contributed by atoms with Gasteiger partial charge in [-0.1, -0.05) is 60.7 Å². The summed E-state index contributed by atoms with van der Waals surface area (Å²) in [5.74, 6) is -0.475. The van der Waals surface area contributed by atoms with E-state index >= 15 is 0 Å². The molecule has 0 amide bonds. The Morgan fingerprint density at radius 1 is 0.969 bits per heavy atom. The largest absolute Gasteiger partial charge is 0.497 e. The molecule has 4 rings (SSSR count). The molecular weight excluding hydrogens is 424 g/mol. The van der Waals surface area contributed by atoms with Crippen LogP contribution in [0, 0.1) is 11.3 Å². The first-order valence-electron chi connectivity index (χ1n) is 9.78. The minimum absolute atomic E-state index is 0.0208. The normalized spacial score (nSPS) is 16.3. The van der Waals surface area contributed by atoms with Crippen LogP contribution in [0.2, 0.25) is 0 Å². The summed E-state index contributed by atoms with van der Waals surface area (Å²) in [5, 5.41) is 9.91. The molecule has 7 heteroatoms. The molecule has 0 bridgehead atoms. The van der Waals surface area contributed by atoms with Gasteiger partial charge >= 0.3 is 0 Å². The first-order valence-corrected chi connectivity index (χ1v) is 11.3. The second kappa shape index (κ2) is 8.61.